The maximum absolute atomic E-state index is 13.4. The van der Waals surface area contributed by atoms with E-state index in [0.717, 1.165) is 19.2 Å². The van der Waals surface area contributed by atoms with Crippen LogP contribution in [0.3, 0.4) is 0 Å². The van der Waals surface area contributed by atoms with E-state index in [4.69, 9.17) is 5.73 Å². The summed E-state index contributed by atoms with van der Waals surface area (Å²) >= 11 is 0. The lowest BCUT2D eigenvalue weighted by atomic mass is 10.1. The fourth-order valence-corrected chi connectivity index (χ4v) is 1.35. The number of rotatable bonds is 4. The zero-order valence-corrected chi connectivity index (χ0v) is 9.97. The van der Waals surface area contributed by atoms with E-state index in [1.807, 2.05) is 0 Å². The van der Waals surface area contributed by atoms with E-state index in [1.54, 1.807) is 0 Å². The Kier molecular flexibility index (Phi) is 4.57. The Morgan fingerprint density at radius 2 is 2.05 bits per heavy atom. The van der Waals surface area contributed by atoms with Crippen LogP contribution in [0.25, 0.3) is 0 Å². The number of nitrogens with two attached hydrogens (primary N) is 1. The number of nitrogen functional groups attached to an aromatic ring is 1. The molecular formula is C11H12F4N2O2. The molecule has 0 aliphatic carbocycles. The second-order valence-corrected chi connectivity index (χ2v) is 3.70. The summed E-state index contributed by atoms with van der Waals surface area (Å²) < 4.78 is 53.7. The number of esters is 1. The van der Waals surface area contributed by atoms with Crippen LogP contribution in [0.5, 0.6) is 0 Å². The summed E-state index contributed by atoms with van der Waals surface area (Å²) in [6.07, 6.45) is -5.47. The van der Waals surface area contributed by atoms with Gasteiger partial charge in [0.05, 0.1) is 24.8 Å². The molecule has 0 aromatic heterocycles. The average molecular weight is 280 g/mol. The molecule has 0 atom stereocenters. The van der Waals surface area contributed by atoms with Crippen LogP contribution in [0.15, 0.2) is 12.1 Å². The number of anilines is 2. The van der Waals surface area contributed by atoms with Crippen LogP contribution in [0.1, 0.15) is 16.8 Å². The number of benzene rings is 1. The predicted molar refractivity (Wildman–Crippen MR) is 61.3 cm³/mol. The molecule has 0 saturated carbocycles. The molecular weight excluding hydrogens is 268 g/mol. The minimum Gasteiger partial charge on any atom is -0.465 e. The second kappa shape index (κ2) is 5.77. The Balaban J connectivity index is 2.86. The first-order valence-electron chi connectivity index (χ1n) is 5.22. The van der Waals surface area contributed by atoms with Crippen molar-refractivity contribution < 1.29 is 27.1 Å². The number of carbonyl (C=O) groups is 1. The van der Waals surface area contributed by atoms with Crippen molar-refractivity contribution in [3.05, 3.63) is 23.5 Å². The molecule has 0 aliphatic rings. The zero-order valence-electron chi connectivity index (χ0n) is 9.97. The Morgan fingerprint density at radius 1 is 1.42 bits per heavy atom. The molecule has 1 rings (SSSR count). The molecule has 0 heterocycles. The third kappa shape index (κ3) is 4.31. The Bertz CT molecular complexity index is 474. The van der Waals surface area contributed by atoms with Crippen LogP contribution >= 0.6 is 0 Å². The smallest absolute Gasteiger partial charge is 0.390 e. The van der Waals surface area contributed by atoms with Crippen molar-refractivity contribution in [1.29, 1.82) is 0 Å². The number of nitrogens with one attached hydrogen (secondary N) is 1. The van der Waals surface area contributed by atoms with E-state index in [0.29, 0.717) is 0 Å². The van der Waals surface area contributed by atoms with Crippen LogP contribution in [-0.2, 0) is 4.74 Å². The van der Waals surface area contributed by atoms with Gasteiger partial charge in [0, 0.05) is 12.2 Å². The maximum atomic E-state index is 13.4. The number of ether oxygens (including phenoxy) is 1. The molecule has 4 nitrogen and oxygen atoms in total. The Labute approximate surface area is 106 Å². The van der Waals surface area contributed by atoms with E-state index < -0.39 is 30.9 Å². The fourth-order valence-electron chi connectivity index (χ4n) is 1.35. The molecule has 0 bridgehead atoms. The first-order chi connectivity index (χ1) is 8.74. The van der Waals surface area contributed by atoms with Crippen molar-refractivity contribution in [1.82, 2.24) is 0 Å². The molecule has 0 aliphatic heterocycles. The summed E-state index contributed by atoms with van der Waals surface area (Å²) in [5, 5.41) is 2.26. The highest BCUT2D eigenvalue weighted by molar-refractivity contribution is 5.96. The van der Waals surface area contributed by atoms with Crippen molar-refractivity contribution in [2.24, 2.45) is 0 Å². The van der Waals surface area contributed by atoms with Gasteiger partial charge >= 0.3 is 12.1 Å². The first kappa shape index (κ1) is 15.1. The third-order valence-electron chi connectivity index (χ3n) is 2.27. The van der Waals surface area contributed by atoms with E-state index in [9.17, 15) is 22.4 Å². The van der Waals surface area contributed by atoms with Gasteiger partial charge in [0.1, 0.15) is 5.82 Å². The van der Waals surface area contributed by atoms with Crippen molar-refractivity contribution in [2.75, 3.05) is 24.7 Å². The van der Waals surface area contributed by atoms with E-state index in [1.165, 1.54) is 0 Å². The standard InChI is InChI=1S/C11H12F4N2O2/c1-19-10(18)6-4-9(7(12)5-8(6)16)17-3-2-11(13,14)15/h4-5,17H,2-3,16H2,1H3. The van der Waals surface area contributed by atoms with Crippen molar-refractivity contribution in [2.45, 2.75) is 12.6 Å². The van der Waals surface area contributed by atoms with Crippen molar-refractivity contribution in [3.8, 4) is 0 Å². The normalized spacial score (nSPS) is 11.2. The highest BCUT2D eigenvalue weighted by Gasteiger charge is 2.26. The summed E-state index contributed by atoms with van der Waals surface area (Å²) in [6, 6.07) is 1.87. The van der Waals surface area contributed by atoms with E-state index in [-0.39, 0.29) is 16.9 Å². The number of methoxy groups -OCH3 is 1. The molecule has 19 heavy (non-hydrogen) atoms. The minimum atomic E-state index is -4.34. The topological polar surface area (TPSA) is 64.3 Å². The van der Waals surface area contributed by atoms with Gasteiger partial charge in [0.25, 0.3) is 0 Å². The summed E-state index contributed by atoms with van der Waals surface area (Å²) in [4.78, 5) is 11.3. The van der Waals surface area contributed by atoms with Gasteiger partial charge in [-0.3, -0.25) is 0 Å². The Morgan fingerprint density at radius 3 is 2.58 bits per heavy atom. The number of halogens is 4. The number of carbonyl (C=O) groups excluding carboxylic acids is 1. The summed E-state index contributed by atoms with van der Waals surface area (Å²) in [5.74, 6) is -1.64. The molecule has 106 valence electrons. The molecule has 0 radical (unpaired) electrons. The molecule has 0 fully saturated rings. The molecule has 1 aromatic carbocycles. The van der Waals surface area contributed by atoms with Crippen LogP contribution < -0.4 is 11.1 Å². The summed E-state index contributed by atoms with van der Waals surface area (Å²) in [5.41, 5.74) is 4.92. The summed E-state index contributed by atoms with van der Waals surface area (Å²) in [6.45, 7) is -0.509. The summed E-state index contributed by atoms with van der Waals surface area (Å²) in [7, 11) is 1.11. The van der Waals surface area contributed by atoms with Gasteiger partial charge in [-0.25, -0.2) is 9.18 Å². The van der Waals surface area contributed by atoms with Gasteiger partial charge in [-0.2, -0.15) is 13.2 Å². The zero-order chi connectivity index (χ0) is 14.6. The number of alkyl halides is 3. The van der Waals surface area contributed by atoms with Gasteiger partial charge in [0.2, 0.25) is 0 Å². The van der Waals surface area contributed by atoms with E-state index in [2.05, 4.69) is 10.1 Å². The van der Waals surface area contributed by atoms with Gasteiger partial charge in [-0.1, -0.05) is 0 Å². The quantitative estimate of drug-likeness (QED) is 0.505. The largest absolute Gasteiger partial charge is 0.465 e. The number of hydrogen-bond donors (Lipinski definition) is 2. The van der Waals surface area contributed by atoms with Crippen LogP contribution in [0.4, 0.5) is 28.9 Å². The van der Waals surface area contributed by atoms with Crippen LogP contribution in [0, 0.1) is 5.82 Å². The van der Waals surface area contributed by atoms with Gasteiger partial charge in [0.15, 0.2) is 0 Å². The van der Waals surface area contributed by atoms with Gasteiger partial charge in [-0.05, 0) is 12.1 Å². The lowest BCUT2D eigenvalue weighted by Crippen LogP contribution is -2.16. The lowest BCUT2D eigenvalue weighted by molar-refractivity contribution is -0.131. The number of hydrogen-bond acceptors (Lipinski definition) is 4. The molecule has 0 unspecified atom stereocenters. The SMILES string of the molecule is COC(=O)c1cc(NCCC(F)(F)F)c(F)cc1N. The fraction of sp³-hybridized carbons (Fsp3) is 0.364. The first-order valence-corrected chi connectivity index (χ1v) is 5.22. The highest BCUT2D eigenvalue weighted by Crippen LogP contribution is 2.24. The van der Waals surface area contributed by atoms with Crippen molar-refractivity contribution in [3.63, 3.8) is 0 Å². The minimum absolute atomic E-state index is 0.113. The molecule has 8 heteroatoms. The Hall–Kier alpha value is -1.99. The molecule has 0 saturated heterocycles. The molecule has 3 N–H and O–H groups in total. The second-order valence-electron chi connectivity index (χ2n) is 3.70. The third-order valence-corrected chi connectivity index (χ3v) is 2.27. The van der Waals surface area contributed by atoms with Gasteiger partial charge in [-0.15, -0.1) is 0 Å². The molecule has 0 spiro atoms. The van der Waals surface area contributed by atoms with Crippen LogP contribution in [-0.4, -0.2) is 25.8 Å². The van der Waals surface area contributed by atoms with Crippen molar-refractivity contribution >= 4 is 17.3 Å². The molecule has 1 aromatic rings. The lowest BCUT2D eigenvalue weighted by Gasteiger charge is -2.12. The highest BCUT2D eigenvalue weighted by atomic mass is 19.4. The average Bonchev–Trinajstić information content (AvgIpc) is 2.29. The molecule has 0 amide bonds. The monoisotopic (exact) mass is 280 g/mol. The van der Waals surface area contributed by atoms with E-state index >= 15 is 0 Å². The van der Waals surface area contributed by atoms with Gasteiger partial charge < -0.3 is 15.8 Å². The van der Waals surface area contributed by atoms with Crippen LogP contribution in [0.2, 0.25) is 0 Å². The maximum Gasteiger partial charge on any atom is 0.390 e. The predicted octanol–water partition coefficient (Wildman–Crippen LogP) is 2.56.